The van der Waals surface area contributed by atoms with Crippen molar-refractivity contribution in [2.45, 2.75) is 106 Å². The Morgan fingerprint density at radius 3 is 1.51 bits per heavy atom. The molecule has 0 unspecified atom stereocenters. The highest BCUT2D eigenvalue weighted by molar-refractivity contribution is 5.96. The second kappa shape index (κ2) is 21.4. The van der Waals surface area contributed by atoms with Crippen molar-refractivity contribution < 1.29 is 14.6 Å². The van der Waals surface area contributed by atoms with Crippen LogP contribution in [0, 0.1) is 0 Å². The number of rotatable bonds is 18. The van der Waals surface area contributed by atoms with Crippen molar-refractivity contribution in [1.29, 1.82) is 0 Å². The standard InChI is InChI=1S/C40H58O3/c1-32(20-14-22-34(3)24-16-26-36(5)28-29-38(41)40(9,10)43-11)18-12-13-19-33(2)21-15-23-35(4)25-17-27-37(6)30-31-39(7,8)42/h12-16,18-24,26-29,42H,17,25,30-31H2,1-11H3. The number of ketones is 1. The Hall–Kier alpha value is -3.27. The molecule has 0 spiro atoms. The first-order valence-electron chi connectivity index (χ1n) is 15.3. The van der Waals surface area contributed by atoms with Crippen molar-refractivity contribution in [3.05, 3.63) is 131 Å². The Kier molecular flexibility index (Phi) is 19.8. The monoisotopic (exact) mass is 586 g/mol. The molecule has 0 aliphatic heterocycles. The number of aliphatic hydroxyl groups is 1. The van der Waals surface area contributed by atoms with Crippen LogP contribution in [-0.2, 0) is 9.53 Å². The van der Waals surface area contributed by atoms with Gasteiger partial charge in [-0.05, 0) is 101 Å². The van der Waals surface area contributed by atoms with Crippen LogP contribution in [0.4, 0.5) is 0 Å². The summed E-state index contributed by atoms with van der Waals surface area (Å²) in [5.74, 6) is -0.0568. The summed E-state index contributed by atoms with van der Waals surface area (Å²) in [5, 5.41) is 9.86. The summed E-state index contributed by atoms with van der Waals surface area (Å²) in [7, 11) is 1.54. The second-order valence-electron chi connectivity index (χ2n) is 12.4. The van der Waals surface area contributed by atoms with Crippen LogP contribution in [0.2, 0.25) is 0 Å². The molecule has 0 aromatic carbocycles. The molecule has 0 aromatic heterocycles. The highest BCUT2D eigenvalue weighted by Gasteiger charge is 2.23. The molecule has 0 radical (unpaired) electrons. The fourth-order valence-electron chi connectivity index (χ4n) is 3.45. The van der Waals surface area contributed by atoms with E-state index in [4.69, 9.17) is 4.74 Å². The quantitative estimate of drug-likeness (QED) is 0.0987. The lowest BCUT2D eigenvalue weighted by atomic mass is 9.98. The Labute approximate surface area is 263 Å². The molecule has 0 aliphatic carbocycles. The molecule has 43 heavy (non-hydrogen) atoms. The molecule has 0 aliphatic rings. The molecule has 0 rings (SSSR count). The number of hydrogen-bond donors (Lipinski definition) is 1. The predicted octanol–water partition coefficient (Wildman–Crippen LogP) is 10.8. The maximum absolute atomic E-state index is 12.1. The molecular formula is C40H58O3. The maximum Gasteiger partial charge on any atom is 0.186 e. The van der Waals surface area contributed by atoms with Gasteiger partial charge >= 0.3 is 0 Å². The van der Waals surface area contributed by atoms with Crippen LogP contribution in [0.1, 0.15) is 94.9 Å². The summed E-state index contributed by atoms with van der Waals surface area (Å²) >= 11 is 0. The number of carbonyl (C=O) groups is 1. The fraction of sp³-hybridized carbons (Fsp3) is 0.425. The van der Waals surface area contributed by atoms with Crippen molar-refractivity contribution in [2.24, 2.45) is 0 Å². The van der Waals surface area contributed by atoms with Crippen molar-refractivity contribution >= 4 is 5.78 Å². The first-order valence-corrected chi connectivity index (χ1v) is 15.3. The molecule has 3 nitrogen and oxygen atoms in total. The number of ether oxygens (including phenoxy) is 1. The van der Waals surface area contributed by atoms with Crippen LogP contribution >= 0.6 is 0 Å². The lowest BCUT2D eigenvalue weighted by molar-refractivity contribution is -0.131. The predicted molar refractivity (Wildman–Crippen MR) is 189 cm³/mol. The third kappa shape index (κ3) is 22.9. The van der Waals surface area contributed by atoms with E-state index in [1.807, 2.05) is 51.2 Å². The zero-order valence-corrected chi connectivity index (χ0v) is 28.8. The summed E-state index contributed by atoms with van der Waals surface area (Å²) in [6, 6.07) is 0. The minimum atomic E-state index is -0.803. The van der Waals surface area contributed by atoms with Crippen molar-refractivity contribution in [2.75, 3.05) is 7.11 Å². The van der Waals surface area contributed by atoms with E-state index in [2.05, 4.69) is 95.4 Å². The molecule has 0 heterocycles. The Morgan fingerprint density at radius 1 is 0.605 bits per heavy atom. The number of carbonyl (C=O) groups excluding carboxylic acids is 1. The first kappa shape index (κ1) is 39.7. The molecule has 0 amide bonds. The summed E-state index contributed by atoms with van der Waals surface area (Å²) in [6.07, 6.45) is 36.4. The van der Waals surface area contributed by atoms with E-state index >= 15 is 0 Å². The molecule has 236 valence electrons. The van der Waals surface area contributed by atoms with E-state index in [1.54, 1.807) is 27.0 Å². The topological polar surface area (TPSA) is 46.5 Å². The van der Waals surface area contributed by atoms with Crippen LogP contribution in [0.25, 0.3) is 0 Å². The second-order valence-corrected chi connectivity index (χ2v) is 12.4. The summed E-state index contributed by atoms with van der Waals surface area (Å²) in [6.45, 7) is 19.8. The van der Waals surface area contributed by atoms with Gasteiger partial charge in [-0.2, -0.15) is 0 Å². The van der Waals surface area contributed by atoms with Crippen molar-refractivity contribution in [1.82, 2.24) is 0 Å². The fourth-order valence-corrected chi connectivity index (χ4v) is 3.45. The van der Waals surface area contributed by atoms with Gasteiger partial charge < -0.3 is 9.84 Å². The molecule has 0 bridgehead atoms. The van der Waals surface area contributed by atoms with Crippen molar-refractivity contribution in [3.8, 4) is 0 Å². The average molecular weight is 587 g/mol. The van der Waals surface area contributed by atoms with E-state index in [-0.39, 0.29) is 5.78 Å². The lowest BCUT2D eigenvalue weighted by Crippen LogP contribution is -2.32. The van der Waals surface area contributed by atoms with Gasteiger partial charge in [0.05, 0.1) is 5.60 Å². The molecule has 0 atom stereocenters. The third-order valence-corrected chi connectivity index (χ3v) is 6.77. The van der Waals surface area contributed by atoms with Crippen molar-refractivity contribution in [3.63, 3.8) is 0 Å². The molecule has 0 saturated heterocycles. The van der Waals surface area contributed by atoms with E-state index < -0.39 is 11.2 Å². The van der Waals surface area contributed by atoms with E-state index in [9.17, 15) is 9.90 Å². The Balaban J connectivity index is 4.74. The van der Waals surface area contributed by atoms with Gasteiger partial charge in [0.15, 0.2) is 5.78 Å². The van der Waals surface area contributed by atoms with Crippen LogP contribution < -0.4 is 0 Å². The molecule has 3 heteroatoms. The van der Waals surface area contributed by atoms with Crippen LogP contribution in [0.15, 0.2) is 131 Å². The SMILES string of the molecule is COC(C)(C)C(=O)C=CC(C)=CC=CC(C)=CC=CC(C)=CC=CC=C(C)C=CC=C(C)CCC=C(C)CCC(C)(C)O. The largest absolute Gasteiger partial charge is 0.390 e. The van der Waals surface area contributed by atoms with Gasteiger partial charge in [-0.1, -0.05) is 125 Å². The van der Waals surface area contributed by atoms with Gasteiger partial charge in [-0.3, -0.25) is 4.79 Å². The summed E-state index contributed by atoms with van der Waals surface area (Å²) in [5.41, 5.74) is 5.79. The normalized spacial score (nSPS) is 15.9. The highest BCUT2D eigenvalue weighted by atomic mass is 16.5. The zero-order chi connectivity index (χ0) is 32.9. The van der Waals surface area contributed by atoms with Gasteiger partial charge in [0.1, 0.15) is 5.60 Å². The Bertz CT molecular complexity index is 1210. The number of allylic oxidation sites excluding steroid dienone is 21. The van der Waals surface area contributed by atoms with Gasteiger partial charge in [-0.15, -0.1) is 0 Å². The van der Waals surface area contributed by atoms with E-state index in [0.29, 0.717) is 0 Å². The molecular weight excluding hydrogens is 528 g/mol. The summed E-state index contributed by atoms with van der Waals surface area (Å²) < 4.78 is 5.21. The van der Waals surface area contributed by atoms with Crippen LogP contribution in [0.5, 0.6) is 0 Å². The van der Waals surface area contributed by atoms with Crippen LogP contribution in [0.3, 0.4) is 0 Å². The number of hydrogen-bond acceptors (Lipinski definition) is 3. The zero-order valence-electron chi connectivity index (χ0n) is 28.8. The van der Waals surface area contributed by atoms with Gasteiger partial charge in [0, 0.05) is 7.11 Å². The van der Waals surface area contributed by atoms with E-state index in [1.165, 1.54) is 22.3 Å². The average Bonchev–Trinajstić information content (AvgIpc) is 2.92. The lowest BCUT2D eigenvalue weighted by Gasteiger charge is -2.18. The van der Waals surface area contributed by atoms with Crippen LogP contribution in [-0.4, -0.2) is 29.2 Å². The smallest absolute Gasteiger partial charge is 0.186 e. The first-order chi connectivity index (χ1) is 20.1. The van der Waals surface area contributed by atoms with E-state index in [0.717, 1.165) is 36.8 Å². The maximum atomic E-state index is 12.1. The molecule has 0 saturated carbocycles. The number of methoxy groups -OCH3 is 1. The van der Waals surface area contributed by atoms with Gasteiger partial charge in [0.25, 0.3) is 0 Å². The summed E-state index contributed by atoms with van der Waals surface area (Å²) in [4.78, 5) is 12.1. The highest BCUT2D eigenvalue weighted by Crippen LogP contribution is 2.17. The Morgan fingerprint density at radius 2 is 1.05 bits per heavy atom. The molecule has 0 aromatic rings. The minimum absolute atomic E-state index is 0.0568. The third-order valence-electron chi connectivity index (χ3n) is 6.77. The molecule has 1 N–H and O–H groups in total. The minimum Gasteiger partial charge on any atom is -0.390 e. The van der Waals surface area contributed by atoms with Gasteiger partial charge in [0.2, 0.25) is 0 Å². The molecule has 0 fully saturated rings. The van der Waals surface area contributed by atoms with Gasteiger partial charge in [-0.25, -0.2) is 0 Å².